The van der Waals surface area contributed by atoms with Crippen molar-refractivity contribution in [2.24, 2.45) is 5.16 Å². The largest absolute Gasteiger partial charge is 0.493 e. The van der Waals surface area contributed by atoms with Gasteiger partial charge < -0.3 is 19.0 Å². The number of hydrogen-bond acceptors (Lipinski definition) is 5. The minimum atomic E-state index is 0.586. The molecule has 0 N–H and O–H groups in total. The summed E-state index contributed by atoms with van der Waals surface area (Å²) in [5.74, 6) is 2.77. The van der Waals surface area contributed by atoms with Crippen molar-refractivity contribution in [3.8, 4) is 17.2 Å². The highest BCUT2D eigenvalue weighted by Gasteiger charge is 2.08. The van der Waals surface area contributed by atoms with Gasteiger partial charge in [-0.15, -0.1) is 0 Å². The van der Waals surface area contributed by atoms with Crippen molar-refractivity contribution in [3.63, 3.8) is 0 Å². The Hall–Kier alpha value is -2.95. The number of nitrogens with zero attached hydrogens (tertiary/aromatic N) is 1. The second-order valence-corrected chi connectivity index (χ2v) is 7.92. The quantitative estimate of drug-likeness (QED) is 0.155. The fourth-order valence-electron chi connectivity index (χ4n) is 3.42. The van der Waals surface area contributed by atoms with Crippen molar-refractivity contribution < 1.29 is 19.0 Å². The molecule has 2 aromatic rings. The Morgan fingerprint density at radius 2 is 1.47 bits per heavy atom. The molecular formula is C27H37NO4. The van der Waals surface area contributed by atoms with Crippen LogP contribution in [0.1, 0.15) is 54.0 Å². The first-order chi connectivity index (χ1) is 15.5. The summed E-state index contributed by atoms with van der Waals surface area (Å²) in [6.45, 7) is 12.2. The van der Waals surface area contributed by atoms with Crippen LogP contribution in [0.5, 0.6) is 17.2 Å². The lowest BCUT2D eigenvalue weighted by Crippen LogP contribution is -2.04. The van der Waals surface area contributed by atoms with Crippen molar-refractivity contribution in [2.45, 2.75) is 53.9 Å². The van der Waals surface area contributed by atoms with E-state index in [0.29, 0.717) is 19.8 Å². The Kier molecular flexibility index (Phi) is 10.6. The van der Waals surface area contributed by atoms with Gasteiger partial charge in [0.1, 0.15) is 31.0 Å². The number of allylic oxidation sites excluding steroid dienone is 1. The highest BCUT2D eigenvalue weighted by Crippen LogP contribution is 2.29. The molecule has 0 amide bonds. The summed E-state index contributed by atoms with van der Waals surface area (Å²) in [5.41, 5.74) is 5.46. The van der Waals surface area contributed by atoms with Crippen LogP contribution in [0.15, 0.2) is 41.6 Å². The summed E-state index contributed by atoms with van der Waals surface area (Å²) in [7, 11) is 1.54. The topological polar surface area (TPSA) is 49.3 Å². The molecule has 0 saturated carbocycles. The molecule has 0 aromatic heterocycles. The van der Waals surface area contributed by atoms with Gasteiger partial charge in [-0.25, -0.2) is 0 Å². The van der Waals surface area contributed by atoms with Crippen molar-refractivity contribution >= 4 is 6.21 Å². The van der Waals surface area contributed by atoms with E-state index in [-0.39, 0.29) is 0 Å². The van der Waals surface area contributed by atoms with Gasteiger partial charge in [-0.2, -0.15) is 0 Å². The molecule has 0 heterocycles. The van der Waals surface area contributed by atoms with Crippen LogP contribution < -0.4 is 14.2 Å². The summed E-state index contributed by atoms with van der Waals surface area (Å²) < 4.78 is 17.8. The van der Waals surface area contributed by atoms with Crippen molar-refractivity contribution in [2.75, 3.05) is 26.9 Å². The smallest absolute Gasteiger partial charge is 0.125 e. The zero-order valence-electron chi connectivity index (χ0n) is 20.4. The molecule has 0 unspecified atom stereocenters. The van der Waals surface area contributed by atoms with Crippen LogP contribution in [0.4, 0.5) is 0 Å². The first-order valence-corrected chi connectivity index (χ1v) is 11.2. The molecule has 0 spiro atoms. The van der Waals surface area contributed by atoms with Crippen LogP contribution in [0, 0.1) is 27.7 Å². The number of hydrogen-bond donors (Lipinski definition) is 0. The van der Waals surface area contributed by atoms with Gasteiger partial charge in [-0.3, -0.25) is 0 Å². The molecule has 2 aromatic carbocycles. The van der Waals surface area contributed by atoms with Crippen LogP contribution in [-0.4, -0.2) is 33.1 Å². The third-order valence-electron chi connectivity index (χ3n) is 5.17. The van der Waals surface area contributed by atoms with E-state index in [9.17, 15) is 0 Å². The fourth-order valence-corrected chi connectivity index (χ4v) is 3.42. The Morgan fingerprint density at radius 3 is 2.12 bits per heavy atom. The minimum Gasteiger partial charge on any atom is -0.493 e. The zero-order valence-corrected chi connectivity index (χ0v) is 20.4. The second kappa shape index (κ2) is 13.5. The molecule has 0 fully saturated rings. The van der Waals surface area contributed by atoms with Crippen LogP contribution >= 0.6 is 0 Å². The summed E-state index contributed by atoms with van der Waals surface area (Å²) in [6, 6.07) is 8.21. The van der Waals surface area contributed by atoms with Crippen LogP contribution in [-0.2, 0) is 4.84 Å². The Labute approximate surface area is 193 Å². The second-order valence-electron chi connectivity index (χ2n) is 7.92. The van der Waals surface area contributed by atoms with Gasteiger partial charge >= 0.3 is 0 Å². The van der Waals surface area contributed by atoms with E-state index in [1.165, 1.54) is 0 Å². The summed E-state index contributed by atoms with van der Waals surface area (Å²) in [4.78, 5) is 4.77. The van der Waals surface area contributed by atoms with E-state index in [2.05, 4.69) is 31.1 Å². The molecule has 0 aliphatic carbocycles. The Balaban J connectivity index is 1.73. The average Bonchev–Trinajstić information content (AvgIpc) is 2.75. The average molecular weight is 440 g/mol. The number of unbranched alkanes of at least 4 members (excludes halogenated alkanes) is 2. The molecule has 2 rings (SSSR count). The molecule has 5 nitrogen and oxygen atoms in total. The lowest BCUT2D eigenvalue weighted by molar-refractivity contribution is 0.215. The van der Waals surface area contributed by atoms with Crippen molar-refractivity contribution in [1.29, 1.82) is 0 Å². The lowest BCUT2D eigenvalue weighted by Gasteiger charge is -2.14. The standard InChI is InChI=1S/C27H37NO4/c1-7-8-12-30-25-16-22(4)27(23(5)17-25)32-14-11-9-10-13-31-26-18-20(2)24(15-21(26)3)19-28-29-6/h7-8,15-19H,9-14H2,1-6H3/b8-7+,28-19+. The number of benzene rings is 2. The van der Waals surface area contributed by atoms with Gasteiger partial charge in [0.2, 0.25) is 0 Å². The first kappa shape index (κ1) is 25.3. The maximum atomic E-state index is 6.06. The molecular weight excluding hydrogens is 402 g/mol. The maximum Gasteiger partial charge on any atom is 0.125 e. The first-order valence-electron chi connectivity index (χ1n) is 11.2. The molecule has 0 aliphatic heterocycles. The minimum absolute atomic E-state index is 0.586. The monoisotopic (exact) mass is 439 g/mol. The Morgan fingerprint density at radius 1 is 0.781 bits per heavy atom. The SMILES string of the molecule is C/C=C/COc1cc(C)c(OCCCCCOc2cc(C)c(/C=N/OC)cc2C)c(C)c1. The van der Waals surface area contributed by atoms with Gasteiger partial charge in [0.25, 0.3) is 0 Å². The highest BCUT2D eigenvalue weighted by molar-refractivity contribution is 5.82. The lowest BCUT2D eigenvalue weighted by atomic mass is 10.1. The predicted molar refractivity (Wildman–Crippen MR) is 132 cm³/mol. The molecule has 174 valence electrons. The number of aryl methyl sites for hydroxylation is 4. The highest BCUT2D eigenvalue weighted by atomic mass is 16.6. The van der Waals surface area contributed by atoms with Crippen molar-refractivity contribution in [3.05, 3.63) is 64.2 Å². The van der Waals surface area contributed by atoms with E-state index in [0.717, 1.165) is 64.3 Å². The van der Waals surface area contributed by atoms with E-state index in [4.69, 9.17) is 19.0 Å². The normalized spacial score (nSPS) is 11.3. The Bertz CT molecular complexity index is 895. The van der Waals surface area contributed by atoms with Gasteiger partial charge in [0, 0.05) is 0 Å². The fraction of sp³-hybridized carbons (Fsp3) is 0.444. The molecule has 0 saturated heterocycles. The summed E-state index contributed by atoms with van der Waals surface area (Å²) >= 11 is 0. The molecule has 5 heteroatoms. The number of rotatable bonds is 13. The van der Waals surface area contributed by atoms with Gasteiger partial charge in [-0.05, 0) is 106 Å². The molecule has 0 bridgehead atoms. The maximum absolute atomic E-state index is 6.06. The van der Waals surface area contributed by atoms with Crippen LogP contribution in [0.25, 0.3) is 0 Å². The molecule has 0 aliphatic rings. The van der Waals surface area contributed by atoms with Gasteiger partial charge in [-0.1, -0.05) is 17.3 Å². The zero-order chi connectivity index (χ0) is 23.3. The van der Waals surface area contributed by atoms with E-state index in [1.807, 2.05) is 45.1 Å². The number of ether oxygens (including phenoxy) is 3. The third kappa shape index (κ3) is 7.95. The van der Waals surface area contributed by atoms with Crippen LogP contribution in [0.2, 0.25) is 0 Å². The van der Waals surface area contributed by atoms with Gasteiger partial charge in [0.15, 0.2) is 0 Å². The van der Waals surface area contributed by atoms with E-state index in [1.54, 1.807) is 13.3 Å². The summed E-state index contributed by atoms with van der Waals surface area (Å²) in [6.07, 6.45) is 8.74. The van der Waals surface area contributed by atoms with E-state index >= 15 is 0 Å². The van der Waals surface area contributed by atoms with Crippen molar-refractivity contribution in [1.82, 2.24) is 0 Å². The number of oxime groups is 1. The summed E-state index contributed by atoms with van der Waals surface area (Å²) in [5, 5.41) is 3.84. The third-order valence-corrected chi connectivity index (χ3v) is 5.17. The van der Waals surface area contributed by atoms with Crippen LogP contribution in [0.3, 0.4) is 0 Å². The molecule has 0 radical (unpaired) electrons. The predicted octanol–water partition coefficient (Wildman–Crippen LogP) is 6.48. The molecule has 0 atom stereocenters. The van der Waals surface area contributed by atoms with E-state index < -0.39 is 0 Å². The molecule has 32 heavy (non-hydrogen) atoms. The van der Waals surface area contributed by atoms with Gasteiger partial charge in [0.05, 0.1) is 19.4 Å².